The van der Waals surface area contributed by atoms with Gasteiger partial charge < -0.3 is 19.5 Å². The highest BCUT2D eigenvalue weighted by Crippen LogP contribution is 2.25. The molecule has 6 heteroatoms. The molecule has 0 aromatic heterocycles. The zero-order chi connectivity index (χ0) is 15.1. The maximum Gasteiger partial charge on any atom is 0.161 e. The van der Waals surface area contributed by atoms with Crippen molar-refractivity contribution in [3.05, 3.63) is 24.3 Å². The molecule has 0 amide bonds. The van der Waals surface area contributed by atoms with Crippen LogP contribution in [-0.4, -0.2) is 74.6 Å². The van der Waals surface area contributed by atoms with Crippen LogP contribution < -0.4 is 14.9 Å². The molecular formula is C15H25N3O3. The molecule has 1 unspecified atom stereocenters. The average Bonchev–Trinajstić information content (AvgIpc) is 2.52. The van der Waals surface area contributed by atoms with Gasteiger partial charge in [-0.25, -0.2) is 5.01 Å². The van der Waals surface area contributed by atoms with Gasteiger partial charge in [0.15, 0.2) is 11.5 Å². The van der Waals surface area contributed by atoms with Crippen molar-refractivity contribution in [2.24, 2.45) is 0 Å². The summed E-state index contributed by atoms with van der Waals surface area (Å²) >= 11 is 0. The lowest BCUT2D eigenvalue weighted by Crippen LogP contribution is -2.52. The predicted octanol–water partition coefficient (Wildman–Crippen LogP) is 0.187. The Hall–Kier alpha value is -1.34. The average molecular weight is 295 g/mol. The Labute approximate surface area is 126 Å². The summed E-state index contributed by atoms with van der Waals surface area (Å²) in [6, 6.07) is 7.44. The molecule has 6 nitrogen and oxygen atoms in total. The fourth-order valence-electron chi connectivity index (χ4n) is 2.18. The van der Waals surface area contributed by atoms with Crippen LogP contribution in [0.25, 0.3) is 0 Å². The van der Waals surface area contributed by atoms with Crippen molar-refractivity contribution in [3.63, 3.8) is 0 Å². The highest BCUT2D eigenvalue weighted by molar-refractivity contribution is 5.39. The third kappa shape index (κ3) is 5.17. The first-order valence-corrected chi connectivity index (χ1v) is 7.30. The number of piperazine rings is 1. The lowest BCUT2D eigenvalue weighted by molar-refractivity contribution is 0.0543. The summed E-state index contributed by atoms with van der Waals surface area (Å²) < 4.78 is 10.8. The van der Waals surface area contributed by atoms with Gasteiger partial charge >= 0.3 is 0 Å². The fourth-order valence-corrected chi connectivity index (χ4v) is 2.18. The van der Waals surface area contributed by atoms with Crippen molar-refractivity contribution < 1.29 is 14.6 Å². The number of methoxy groups -OCH3 is 1. The summed E-state index contributed by atoms with van der Waals surface area (Å²) in [4.78, 5) is 2.29. The summed E-state index contributed by atoms with van der Waals surface area (Å²) in [5, 5.41) is 12.1. The Balaban J connectivity index is 1.68. The molecule has 1 aliphatic rings. The first kappa shape index (κ1) is 16.0. The number of para-hydroxylation sites is 2. The van der Waals surface area contributed by atoms with E-state index < -0.39 is 6.10 Å². The molecule has 1 aromatic carbocycles. The van der Waals surface area contributed by atoms with E-state index in [1.54, 1.807) is 7.11 Å². The Morgan fingerprint density at radius 1 is 1.19 bits per heavy atom. The molecule has 1 heterocycles. The third-order valence-electron chi connectivity index (χ3n) is 3.55. The van der Waals surface area contributed by atoms with E-state index in [4.69, 9.17) is 9.47 Å². The molecule has 2 rings (SSSR count). The molecule has 0 bridgehead atoms. The minimum Gasteiger partial charge on any atom is -0.493 e. The topological polar surface area (TPSA) is 57.2 Å². The number of hydrazine groups is 1. The number of hydrogen-bond acceptors (Lipinski definition) is 6. The molecule has 1 atom stereocenters. The van der Waals surface area contributed by atoms with E-state index in [2.05, 4.69) is 22.4 Å². The molecule has 2 N–H and O–H groups in total. The molecular weight excluding hydrogens is 270 g/mol. The number of ether oxygens (including phenoxy) is 2. The zero-order valence-electron chi connectivity index (χ0n) is 12.8. The van der Waals surface area contributed by atoms with Gasteiger partial charge in [0.1, 0.15) is 12.7 Å². The van der Waals surface area contributed by atoms with Crippen molar-refractivity contribution in [2.75, 3.05) is 53.5 Å². The van der Waals surface area contributed by atoms with Crippen molar-refractivity contribution >= 4 is 0 Å². The van der Waals surface area contributed by atoms with Crippen LogP contribution in [0.5, 0.6) is 11.5 Å². The summed E-state index contributed by atoms with van der Waals surface area (Å²) in [7, 11) is 3.72. The summed E-state index contributed by atoms with van der Waals surface area (Å²) in [6.07, 6.45) is -0.561. The van der Waals surface area contributed by atoms with Gasteiger partial charge in [-0.15, -0.1) is 0 Å². The van der Waals surface area contributed by atoms with Crippen LogP contribution >= 0.6 is 0 Å². The number of nitrogens with one attached hydrogen (secondary N) is 1. The van der Waals surface area contributed by atoms with Gasteiger partial charge in [-0.2, -0.15) is 0 Å². The summed E-state index contributed by atoms with van der Waals surface area (Å²) in [6.45, 7) is 4.74. The number of nitrogens with zero attached hydrogens (tertiary/aromatic N) is 2. The van der Waals surface area contributed by atoms with Crippen molar-refractivity contribution in [1.29, 1.82) is 0 Å². The number of benzene rings is 1. The molecule has 0 saturated carbocycles. The number of hydrogen-bond donors (Lipinski definition) is 2. The summed E-state index contributed by atoms with van der Waals surface area (Å²) in [5.74, 6) is 1.33. The smallest absolute Gasteiger partial charge is 0.161 e. The van der Waals surface area contributed by atoms with Crippen LogP contribution in [0.4, 0.5) is 0 Å². The molecule has 0 aliphatic carbocycles. The van der Waals surface area contributed by atoms with E-state index in [0.717, 1.165) is 26.2 Å². The van der Waals surface area contributed by atoms with Gasteiger partial charge in [-0.05, 0) is 19.2 Å². The van der Waals surface area contributed by atoms with Crippen molar-refractivity contribution in [1.82, 2.24) is 15.3 Å². The molecule has 1 fully saturated rings. The molecule has 0 spiro atoms. The minimum absolute atomic E-state index is 0.237. The highest BCUT2D eigenvalue weighted by Gasteiger charge is 2.15. The SMILES string of the molecule is COc1ccccc1OCC(O)CNN1CCN(C)CC1. The standard InChI is InChI=1S/C15H25N3O3/c1-17-7-9-18(10-8-17)16-11-13(19)12-21-15-6-4-3-5-14(15)20-2/h3-6,13,16,19H,7-12H2,1-2H3. The van der Waals surface area contributed by atoms with Gasteiger partial charge in [0.2, 0.25) is 0 Å². The molecule has 118 valence electrons. The quantitative estimate of drug-likeness (QED) is 0.749. The number of aliphatic hydroxyl groups is 1. The molecule has 0 radical (unpaired) electrons. The van der Waals surface area contributed by atoms with E-state index >= 15 is 0 Å². The van der Waals surface area contributed by atoms with E-state index in [1.807, 2.05) is 24.3 Å². The lowest BCUT2D eigenvalue weighted by Gasteiger charge is -2.33. The Kier molecular flexibility index (Phi) is 6.25. The third-order valence-corrected chi connectivity index (χ3v) is 3.55. The molecule has 1 aromatic rings. The van der Waals surface area contributed by atoms with Gasteiger partial charge in [-0.1, -0.05) is 12.1 Å². The second-order valence-electron chi connectivity index (χ2n) is 5.27. The number of rotatable bonds is 7. The molecule has 1 saturated heterocycles. The Bertz CT molecular complexity index is 422. The number of aliphatic hydroxyl groups excluding tert-OH is 1. The van der Waals surface area contributed by atoms with Crippen molar-refractivity contribution in [2.45, 2.75) is 6.10 Å². The first-order valence-electron chi connectivity index (χ1n) is 7.30. The maximum atomic E-state index is 9.99. The van der Waals surface area contributed by atoms with Crippen LogP contribution in [0.15, 0.2) is 24.3 Å². The first-order chi connectivity index (χ1) is 10.2. The lowest BCUT2D eigenvalue weighted by atomic mass is 10.3. The predicted molar refractivity (Wildman–Crippen MR) is 81.6 cm³/mol. The van der Waals surface area contributed by atoms with E-state index in [9.17, 15) is 5.11 Å². The number of likely N-dealkylation sites (N-methyl/N-ethyl adjacent to an activating group) is 1. The zero-order valence-corrected chi connectivity index (χ0v) is 12.8. The van der Waals surface area contributed by atoms with Crippen LogP contribution in [0.3, 0.4) is 0 Å². The van der Waals surface area contributed by atoms with Crippen LogP contribution in [0.1, 0.15) is 0 Å². The second-order valence-corrected chi connectivity index (χ2v) is 5.27. The van der Waals surface area contributed by atoms with Crippen LogP contribution in [0, 0.1) is 0 Å². The summed E-state index contributed by atoms with van der Waals surface area (Å²) in [5.41, 5.74) is 3.25. The van der Waals surface area contributed by atoms with E-state index in [1.165, 1.54) is 0 Å². The van der Waals surface area contributed by atoms with E-state index in [0.29, 0.717) is 18.0 Å². The largest absolute Gasteiger partial charge is 0.493 e. The van der Waals surface area contributed by atoms with Crippen LogP contribution in [-0.2, 0) is 0 Å². The van der Waals surface area contributed by atoms with E-state index in [-0.39, 0.29) is 6.61 Å². The van der Waals surface area contributed by atoms with Crippen molar-refractivity contribution in [3.8, 4) is 11.5 Å². The molecule has 1 aliphatic heterocycles. The van der Waals surface area contributed by atoms with Gasteiger partial charge in [-0.3, -0.25) is 5.43 Å². The highest BCUT2D eigenvalue weighted by atomic mass is 16.5. The maximum absolute atomic E-state index is 9.99. The Morgan fingerprint density at radius 2 is 1.86 bits per heavy atom. The van der Waals surface area contributed by atoms with Gasteiger partial charge in [0.05, 0.1) is 7.11 Å². The minimum atomic E-state index is -0.561. The molecule has 21 heavy (non-hydrogen) atoms. The van der Waals surface area contributed by atoms with Gasteiger partial charge in [0, 0.05) is 32.7 Å². The Morgan fingerprint density at radius 3 is 2.52 bits per heavy atom. The van der Waals surface area contributed by atoms with Gasteiger partial charge in [0.25, 0.3) is 0 Å². The second kappa shape index (κ2) is 8.19. The monoisotopic (exact) mass is 295 g/mol. The normalized spacial score (nSPS) is 18.4. The van der Waals surface area contributed by atoms with Crippen LogP contribution in [0.2, 0.25) is 0 Å². The fraction of sp³-hybridized carbons (Fsp3) is 0.600.